The normalized spacial score (nSPS) is 14.8. The molecular formula is C17H27N5O3. The zero-order valence-corrected chi connectivity index (χ0v) is 15.1. The molecule has 0 bridgehead atoms. The number of piperazine rings is 1. The van der Waals surface area contributed by atoms with Crippen molar-refractivity contribution >= 4 is 17.9 Å². The fraction of sp³-hybridized carbons (Fsp3) is 0.588. The molecule has 1 saturated heterocycles. The van der Waals surface area contributed by atoms with E-state index in [0.717, 1.165) is 18.9 Å². The summed E-state index contributed by atoms with van der Waals surface area (Å²) in [5.41, 5.74) is -0.527. The van der Waals surface area contributed by atoms with E-state index in [9.17, 15) is 9.59 Å². The predicted octanol–water partition coefficient (Wildman–Crippen LogP) is 1.44. The second kappa shape index (κ2) is 8.55. The Morgan fingerprint density at radius 2 is 1.80 bits per heavy atom. The summed E-state index contributed by atoms with van der Waals surface area (Å²) in [6.45, 7) is 8.88. The Labute approximate surface area is 148 Å². The minimum atomic E-state index is -0.527. The molecule has 0 radical (unpaired) electrons. The number of rotatable bonds is 4. The summed E-state index contributed by atoms with van der Waals surface area (Å²) in [4.78, 5) is 31.9. The van der Waals surface area contributed by atoms with Crippen LogP contribution in [0.1, 0.15) is 20.8 Å². The molecule has 0 aliphatic carbocycles. The fourth-order valence-electron chi connectivity index (χ4n) is 2.44. The standard InChI is InChI=1S/C17H27N5O3/c1-17(2,3)25-16(24)20-9-8-19-15(23)22-12-10-21(11-13-22)14-6-4-5-7-18-14/h4-7H,8-13H2,1-3H3,(H,19,23)(H,20,24). The van der Waals surface area contributed by atoms with E-state index >= 15 is 0 Å². The largest absolute Gasteiger partial charge is 0.444 e. The van der Waals surface area contributed by atoms with Crippen molar-refractivity contribution in [3.63, 3.8) is 0 Å². The number of ether oxygens (including phenoxy) is 1. The zero-order chi connectivity index (χ0) is 18.3. The summed E-state index contributed by atoms with van der Waals surface area (Å²) in [6.07, 6.45) is 1.29. The molecule has 1 aliphatic rings. The molecule has 0 saturated carbocycles. The molecule has 2 rings (SSSR count). The van der Waals surface area contributed by atoms with Gasteiger partial charge in [0.15, 0.2) is 0 Å². The second-order valence-electron chi connectivity index (χ2n) is 6.82. The van der Waals surface area contributed by atoms with Crippen molar-refractivity contribution in [3.05, 3.63) is 24.4 Å². The first-order valence-electron chi connectivity index (χ1n) is 8.51. The van der Waals surface area contributed by atoms with Crippen LogP contribution in [0.3, 0.4) is 0 Å². The quantitative estimate of drug-likeness (QED) is 0.803. The summed E-state index contributed by atoms with van der Waals surface area (Å²) in [5.74, 6) is 0.934. The second-order valence-corrected chi connectivity index (χ2v) is 6.82. The van der Waals surface area contributed by atoms with E-state index in [1.165, 1.54) is 0 Å². The third kappa shape index (κ3) is 6.48. The number of aromatic nitrogens is 1. The average Bonchev–Trinajstić information content (AvgIpc) is 2.58. The van der Waals surface area contributed by atoms with Gasteiger partial charge in [-0.2, -0.15) is 0 Å². The number of anilines is 1. The van der Waals surface area contributed by atoms with E-state index in [2.05, 4.69) is 20.5 Å². The number of alkyl carbamates (subject to hydrolysis) is 1. The van der Waals surface area contributed by atoms with Crippen molar-refractivity contribution in [2.24, 2.45) is 0 Å². The highest BCUT2D eigenvalue weighted by Crippen LogP contribution is 2.12. The van der Waals surface area contributed by atoms with Gasteiger partial charge in [0.05, 0.1) is 0 Å². The number of amides is 3. The van der Waals surface area contributed by atoms with Gasteiger partial charge in [0.1, 0.15) is 11.4 Å². The van der Waals surface area contributed by atoms with E-state index in [1.54, 1.807) is 31.9 Å². The van der Waals surface area contributed by atoms with Gasteiger partial charge >= 0.3 is 12.1 Å². The van der Waals surface area contributed by atoms with E-state index in [-0.39, 0.29) is 6.03 Å². The number of nitrogens with zero attached hydrogens (tertiary/aromatic N) is 3. The molecule has 8 heteroatoms. The third-order valence-corrected chi connectivity index (χ3v) is 3.61. The molecule has 2 N–H and O–H groups in total. The van der Waals surface area contributed by atoms with E-state index in [4.69, 9.17) is 4.74 Å². The number of hydrogen-bond acceptors (Lipinski definition) is 5. The maximum Gasteiger partial charge on any atom is 0.407 e. The minimum absolute atomic E-state index is 0.119. The van der Waals surface area contributed by atoms with Gasteiger partial charge < -0.3 is 25.2 Å². The van der Waals surface area contributed by atoms with Gasteiger partial charge in [-0.05, 0) is 32.9 Å². The average molecular weight is 349 g/mol. The van der Waals surface area contributed by atoms with Gasteiger partial charge in [0, 0.05) is 45.5 Å². The molecule has 2 heterocycles. The molecule has 8 nitrogen and oxygen atoms in total. The number of urea groups is 1. The topological polar surface area (TPSA) is 86.8 Å². The Morgan fingerprint density at radius 1 is 1.12 bits per heavy atom. The lowest BCUT2D eigenvalue weighted by Gasteiger charge is -2.35. The monoisotopic (exact) mass is 349 g/mol. The molecule has 1 aliphatic heterocycles. The van der Waals surface area contributed by atoms with Gasteiger partial charge in [-0.1, -0.05) is 6.07 Å². The SMILES string of the molecule is CC(C)(C)OC(=O)NCCNC(=O)N1CCN(c2ccccn2)CC1. The van der Waals surface area contributed by atoms with Crippen LogP contribution in [0.25, 0.3) is 0 Å². The number of carbonyl (C=O) groups excluding carboxylic acids is 2. The van der Waals surface area contributed by atoms with Crippen molar-refractivity contribution in [1.82, 2.24) is 20.5 Å². The smallest absolute Gasteiger partial charge is 0.407 e. The molecule has 0 unspecified atom stereocenters. The molecule has 1 fully saturated rings. The predicted molar refractivity (Wildman–Crippen MR) is 95.7 cm³/mol. The Kier molecular flexibility index (Phi) is 6.44. The highest BCUT2D eigenvalue weighted by molar-refractivity contribution is 5.74. The molecule has 0 aromatic carbocycles. The molecular weight excluding hydrogens is 322 g/mol. The van der Waals surface area contributed by atoms with Crippen LogP contribution < -0.4 is 15.5 Å². The lowest BCUT2D eigenvalue weighted by Crippen LogP contribution is -2.52. The van der Waals surface area contributed by atoms with Gasteiger partial charge in [0.2, 0.25) is 0 Å². The summed E-state index contributed by atoms with van der Waals surface area (Å²) in [5, 5.41) is 5.42. The van der Waals surface area contributed by atoms with Crippen molar-refractivity contribution in [2.75, 3.05) is 44.2 Å². The van der Waals surface area contributed by atoms with Gasteiger partial charge in [-0.3, -0.25) is 0 Å². The molecule has 1 aromatic rings. The highest BCUT2D eigenvalue weighted by Gasteiger charge is 2.21. The summed E-state index contributed by atoms with van der Waals surface area (Å²) in [7, 11) is 0. The number of pyridine rings is 1. The van der Waals surface area contributed by atoms with Crippen molar-refractivity contribution in [1.29, 1.82) is 0 Å². The molecule has 0 atom stereocenters. The van der Waals surface area contributed by atoms with Crippen LogP contribution in [0, 0.1) is 0 Å². The van der Waals surface area contributed by atoms with Gasteiger partial charge in [0.25, 0.3) is 0 Å². The van der Waals surface area contributed by atoms with Crippen LogP contribution in [0.15, 0.2) is 24.4 Å². The summed E-state index contributed by atoms with van der Waals surface area (Å²) >= 11 is 0. The highest BCUT2D eigenvalue weighted by atomic mass is 16.6. The first-order chi connectivity index (χ1) is 11.8. The molecule has 0 spiro atoms. The zero-order valence-electron chi connectivity index (χ0n) is 15.1. The van der Waals surface area contributed by atoms with Crippen LogP contribution in [0.2, 0.25) is 0 Å². The maximum atomic E-state index is 12.2. The van der Waals surface area contributed by atoms with Gasteiger partial charge in [-0.15, -0.1) is 0 Å². The van der Waals surface area contributed by atoms with E-state index < -0.39 is 11.7 Å². The van der Waals surface area contributed by atoms with Crippen molar-refractivity contribution in [2.45, 2.75) is 26.4 Å². The third-order valence-electron chi connectivity index (χ3n) is 3.61. The summed E-state index contributed by atoms with van der Waals surface area (Å²) < 4.78 is 5.13. The lowest BCUT2D eigenvalue weighted by molar-refractivity contribution is 0.0528. The minimum Gasteiger partial charge on any atom is -0.444 e. The Hall–Kier alpha value is -2.51. The van der Waals surface area contributed by atoms with Crippen LogP contribution in [0.5, 0.6) is 0 Å². The number of nitrogens with one attached hydrogen (secondary N) is 2. The first-order valence-corrected chi connectivity index (χ1v) is 8.51. The maximum absolute atomic E-state index is 12.2. The van der Waals surface area contributed by atoms with Crippen LogP contribution >= 0.6 is 0 Å². The molecule has 1 aromatic heterocycles. The Bertz CT molecular complexity index is 565. The van der Waals surface area contributed by atoms with E-state index in [0.29, 0.717) is 26.2 Å². The Morgan fingerprint density at radius 3 is 2.40 bits per heavy atom. The fourth-order valence-corrected chi connectivity index (χ4v) is 2.44. The first kappa shape index (κ1) is 18.8. The van der Waals surface area contributed by atoms with Crippen LogP contribution in [-0.2, 0) is 4.74 Å². The van der Waals surface area contributed by atoms with E-state index in [1.807, 2.05) is 18.2 Å². The molecule has 138 valence electrons. The van der Waals surface area contributed by atoms with Crippen LogP contribution in [-0.4, -0.2) is 66.9 Å². The van der Waals surface area contributed by atoms with Gasteiger partial charge in [-0.25, -0.2) is 14.6 Å². The number of carbonyl (C=O) groups is 2. The Balaban J connectivity index is 1.63. The van der Waals surface area contributed by atoms with Crippen molar-refractivity contribution < 1.29 is 14.3 Å². The molecule has 3 amide bonds. The summed E-state index contributed by atoms with van der Waals surface area (Å²) in [6, 6.07) is 5.70. The lowest BCUT2D eigenvalue weighted by atomic mass is 10.2. The number of hydrogen-bond donors (Lipinski definition) is 2. The molecule has 25 heavy (non-hydrogen) atoms. The van der Waals surface area contributed by atoms with Crippen molar-refractivity contribution in [3.8, 4) is 0 Å². The van der Waals surface area contributed by atoms with Crippen LogP contribution in [0.4, 0.5) is 15.4 Å².